The van der Waals surface area contributed by atoms with Crippen LogP contribution in [0.15, 0.2) is 16.8 Å². The van der Waals surface area contributed by atoms with Crippen LogP contribution in [0.4, 0.5) is 0 Å². The third kappa shape index (κ3) is 2.18. The maximum Gasteiger partial charge on any atom is 0.126 e. The summed E-state index contributed by atoms with van der Waals surface area (Å²) in [4.78, 5) is 10.8. The molecule has 0 radical (unpaired) electrons. The molecule has 2 heteroatoms. The van der Waals surface area contributed by atoms with Gasteiger partial charge in [-0.05, 0) is 35.2 Å². The summed E-state index contributed by atoms with van der Waals surface area (Å²) in [7, 11) is 0. The fourth-order valence-corrected chi connectivity index (χ4v) is 1.78. The fraction of sp³-hybridized carbons (Fsp3) is 0.500. The summed E-state index contributed by atoms with van der Waals surface area (Å²) in [5, 5.41) is 4.16. The van der Waals surface area contributed by atoms with Gasteiger partial charge in [0.15, 0.2) is 0 Å². The van der Waals surface area contributed by atoms with Crippen LogP contribution in [0.5, 0.6) is 0 Å². The molecule has 0 saturated heterocycles. The van der Waals surface area contributed by atoms with Crippen molar-refractivity contribution in [3.8, 4) is 0 Å². The van der Waals surface area contributed by atoms with E-state index in [2.05, 4.69) is 23.8 Å². The Morgan fingerprint density at radius 1 is 1.67 bits per heavy atom. The molecule has 1 unspecified atom stereocenters. The summed E-state index contributed by atoms with van der Waals surface area (Å²) in [6.45, 7) is 4.07. The molecule has 0 aliphatic heterocycles. The van der Waals surface area contributed by atoms with Gasteiger partial charge in [-0.3, -0.25) is 0 Å². The van der Waals surface area contributed by atoms with E-state index in [1.807, 2.05) is 6.92 Å². The lowest BCUT2D eigenvalue weighted by molar-refractivity contribution is -0.115. The highest BCUT2D eigenvalue weighted by molar-refractivity contribution is 7.07. The molecule has 0 saturated carbocycles. The first kappa shape index (κ1) is 9.46. The minimum Gasteiger partial charge on any atom is -0.303 e. The van der Waals surface area contributed by atoms with E-state index in [9.17, 15) is 4.79 Å². The molecule has 12 heavy (non-hydrogen) atoms. The van der Waals surface area contributed by atoms with Gasteiger partial charge in [0.25, 0.3) is 0 Å². The molecule has 1 rings (SSSR count). The zero-order valence-corrected chi connectivity index (χ0v) is 8.36. The average Bonchev–Trinajstić information content (AvgIpc) is 2.57. The molecule has 1 aromatic heterocycles. The van der Waals surface area contributed by atoms with Crippen molar-refractivity contribution in [1.82, 2.24) is 0 Å². The first-order valence-corrected chi connectivity index (χ1v) is 5.12. The maximum absolute atomic E-state index is 10.8. The number of aldehydes is 1. The molecule has 0 bridgehead atoms. The van der Waals surface area contributed by atoms with Crippen LogP contribution in [-0.2, 0) is 11.2 Å². The van der Waals surface area contributed by atoms with Crippen molar-refractivity contribution in [2.24, 2.45) is 5.41 Å². The molecule has 1 heterocycles. The second-order valence-corrected chi connectivity index (χ2v) is 4.21. The summed E-state index contributed by atoms with van der Waals surface area (Å²) < 4.78 is 0. The number of rotatable bonds is 4. The Morgan fingerprint density at radius 2 is 2.42 bits per heavy atom. The van der Waals surface area contributed by atoms with Crippen molar-refractivity contribution in [3.05, 3.63) is 22.4 Å². The molecule has 0 aliphatic rings. The zero-order valence-electron chi connectivity index (χ0n) is 7.54. The van der Waals surface area contributed by atoms with Gasteiger partial charge < -0.3 is 4.79 Å². The van der Waals surface area contributed by atoms with Crippen LogP contribution in [0.1, 0.15) is 25.8 Å². The Morgan fingerprint density at radius 3 is 2.83 bits per heavy atom. The second-order valence-electron chi connectivity index (χ2n) is 3.43. The highest BCUT2D eigenvalue weighted by atomic mass is 32.1. The van der Waals surface area contributed by atoms with Crippen LogP contribution in [0.25, 0.3) is 0 Å². The Balaban J connectivity index is 2.66. The standard InChI is InChI=1S/C10H14OS/c1-3-10(2,8-11)6-9-4-5-12-7-9/h4-5,7-8H,3,6H2,1-2H3. The Labute approximate surface area is 77.4 Å². The van der Waals surface area contributed by atoms with Crippen LogP contribution >= 0.6 is 11.3 Å². The predicted octanol–water partition coefficient (Wildman–Crippen LogP) is 2.91. The minimum atomic E-state index is -0.166. The molecule has 66 valence electrons. The van der Waals surface area contributed by atoms with Crippen LogP contribution in [-0.4, -0.2) is 6.29 Å². The topological polar surface area (TPSA) is 17.1 Å². The molecule has 0 fully saturated rings. The van der Waals surface area contributed by atoms with E-state index in [4.69, 9.17) is 0 Å². The van der Waals surface area contributed by atoms with Gasteiger partial charge in [-0.2, -0.15) is 11.3 Å². The van der Waals surface area contributed by atoms with Gasteiger partial charge >= 0.3 is 0 Å². The lowest BCUT2D eigenvalue weighted by Gasteiger charge is -2.19. The minimum absolute atomic E-state index is 0.166. The molecule has 1 aromatic rings. The number of hydrogen-bond acceptors (Lipinski definition) is 2. The molecule has 1 nitrogen and oxygen atoms in total. The van der Waals surface area contributed by atoms with Gasteiger partial charge in [0, 0.05) is 5.41 Å². The first-order valence-electron chi connectivity index (χ1n) is 4.17. The summed E-state index contributed by atoms with van der Waals surface area (Å²) in [6.07, 6.45) is 2.85. The van der Waals surface area contributed by atoms with Gasteiger partial charge in [-0.25, -0.2) is 0 Å². The molecular formula is C10H14OS. The molecule has 0 amide bonds. The summed E-state index contributed by atoms with van der Waals surface area (Å²) in [5.74, 6) is 0. The van der Waals surface area contributed by atoms with E-state index in [1.165, 1.54) is 5.56 Å². The maximum atomic E-state index is 10.8. The van der Waals surface area contributed by atoms with Gasteiger partial charge in [0.2, 0.25) is 0 Å². The summed E-state index contributed by atoms with van der Waals surface area (Å²) >= 11 is 1.69. The molecule has 0 aromatic carbocycles. The smallest absolute Gasteiger partial charge is 0.126 e. The van der Waals surface area contributed by atoms with Crippen LogP contribution < -0.4 is 0 Å². The Bertz CT molecular complexity index is 240. The Kier molecular flexibility index (Phi) is 3.04. The monoisotopic (exact) mass is 182 g/mol. The third-order valence-electron chi connectivity index (χ3n) is 2.28. The molecule has 0 N–H and O–H groups in total. The van der Waals surface area contributed by atoms with Crippen molar-refractivity contribution in [2.45, 2.75) is 26.7 Å². The van der Waals surface area contributed by atoms with Gasteiger partial charge in [-0.1, -0.05) is 13.8 Å². The number of thiophene rings is 1. The van der Waals surface area contributed by atoms with Gasteiger partial charge in [-0.15, -0.1) is 0 Å². The lowest BCUT2D eigenvalue weighted by atomic mass is 9.83. The lowest BCUT2D eigenvalue weighted by Crippen LogP contribution is -2.19. The molecular weight excluding hydrogens is 168 g/mol. The molecule has 0 spiro atoms. The van der Waals surface area contributed by atoms with E-state index in [-0.39, 0.29) is 5.41 Å². The number of carbonyl (C=O) groups is 1. The largest absolute Gasteiger partial charge is 0.303 e. The summed E-state index contributed by atoms with van der Waals surface area (Å²) in [6, 6.07) is 2.09. The third-order valence-corrected chi connectivity index (χ3v) is 3.01. The van der Waals surface area contributed by atoms with E-state index >= 15 is 0 Å². The van der Waals surface area contributed by atoms with Crippen LogP contribution in [0, 0.1) is 5.41 Å². The summed E-state index contributed by atoms with van der Waals surface area (Å²) in [5.41, 5.74) is 1.11. The Hall–Kier alpha value is -0.630. The number of carbonyl (C=O) groups excluding carboxylic acids is 1. The fourth-order valence-electron chi connectivity index (χ4n) is 1.11. The van der Waals surface area contributed by atoms with Crippen molar-refractivity contribution in [3.63, 3.8) is 0 Å². The van der Waals surface area contributed by atoms with Gasteiger partial charge in [0.05, 0.1) is 0 Å². The van der Waals surface area contributed by atoms with Crippen molar-refractivity contribution in [1.29, 1.82) is 0 Å². The van der Waals surface area contributed by atoms with E-state index in [0.717, 1.165) is 19.1 Å². The van der Waals surface area contributed by atoms with Crippen LogP contribution in [0.2, 0.25) is 0 Å². The van der Waals surface area contributed by atoms with Crippen LogP contribution in [0.3, 0.4) is 0 Å². The predicted molar refractivity (Wildman–Crippen MR) is 52.5 cm³/mol. The quantitative estimate of drug-likeness (QED) is 0.654. The zero-order chi connectivity index (χ0) is 9.03. The normalized spacial score (nSPS) is 15.5. The molecule has 0 aliphatic carbocycles. The van der Waals surface area contributed by atoms with E-state index in [1.54, 1.807) is 11.3 Å². The second kappa shape index (κ2) is 3.85. The van der Waals surface area contributed by atoms with E-state index < -0.39 is 0 Å². The molecule has 1 atom stereocenters. The van der Waals surface area contributed by atoms with Crippen molar-refractivity contribution in [2.75, 3.05) is 0 Å². The van der Waals surface area contributed by atoms with Crippen molar-refractivity contribution >= 4 is 17.6 Å². The number of hydrogen-bond donors (Lipinski definition) is 0. The SMILES string of the molecule is CCC(C)(C=O)Cc1ccsc1. The average molecular weight is 182 g/mol. The van der Waals surface area contributed by atoms with E-state index in [0.29, 0.717) is 0 Å². The van der Waals surface area contributed by atoms with Gasteiger partial charge in [0.1, 0.15) is 6.29 Å². The van der Waals surface area contributed by atoms with Crippen molar-refractivity contribution < 1.29 is 4.79 Å². The first-order chi connectivity index (χ1) is 5.70. The highest BCUT2D eigenvalue weighted by Gasteiger charge is 2.21. The highest BCUT2D eigenvalue weighted by Crippen LogP contribution is 2.24.